The highest BCUT2D eigenvalue weighted by atomic mass is 16.2. The SMILES string of the molecule is Cc1cccc(CN2Cc3ccc(N4CCN(CCC(c5ccccc5)c5ccccc5)CC4)cc3C2=O)c1. The average molecular weight is 516 g/mol. The molecule has 4 aromatic rings. The minimum atomic E-state index is 0.153. The van der Waals surface area contributed by atoms with E-state index < -0.39 is 0 Å². The van der Waals surface area contributed by atoms with Crippen LogP contribution in [0.2, 0.25) is 0 Å². The number of amides is 1. The van der Waals surface area contributed by atoms with E-state index in [2.05, 4.69) is 120 Å². The first-order valence-electron chi connectivity index (χ1n) is 14.2. The van der Waals surface area contributed by atoms with Crippen LogP contribution in [0, 0.1) is 6.92 Å². The molecule has 39 heavy (non-hydrogen) atoms. The molecule has 4 aromatic carbocycles. The molecule has 0 unspecified atom stereocenters. The second-order valence-corrected chi connectivity index (χ2v) is 11.0. The van der Waals surface area contributed by atoms with E-state index in [0.29, 0.717) is 19.0 Å². The van der Waals surface area contributed by atoms with Gasteiger partial charge in [-0.2, -0.15) is 0 Å². The summed E-state index contributed by atoms with van der Waals surface area (Å²) < 4.78 is 0. The van der Waals surface area contributed by atoms with Gasteiger partial charge in [-0.05, 0) is 54.3 Å². The summed E-state index contributed by atoms with van der Waals surface area (Å²) in [5.41, 5.74) is 8.39. The molecule has 0 radical (unpaired) electrons. The van der Waals surface area contributed by atoms with Crippen LogP contribution in [0.1, 0.15) is 50.5 Å². The Labute approximate surface area is 232 Å². The second-order valence-electron chi connectivity index (χ2n) is 11.0. The lowest BCUT2D eigenvalue weighted by Gasteiger charge is -2.37. The monoisotopic (exact) mass is 515 g/mol. The number of benzene rings is 4. The number of rotatable bonds is 8. The van der Waals surface area contributed by atoms with E-state index in [-0.39, 0.29) is 5.91 Å². The Bertz CT molecular complexity index is 1370. The number of hydrogen-bond acceptors (Lipinski definition) is 3. The Balaban J connectivity index is 1.06. The van der Waals surface area contributed by atoms with Crippen molar-refractivity contribution in [3.05, 3.63) is 137 Å². The number of fused-ring (bicyclic) bond motifs is 1. The maximum absolute atomic E-state index is 13.3. The van der Waals surface area contributed by atoms with Gasteiger partial charge in [0.2, 0.25) is 0 Å². The predicted octanol–water partition coefficient (Wildman–Crippen LogP) is 6.50. The molecule has 1 fully saturated rings. The fraction of sp³-hybridized carbons (Fsp3) is 0.286. The van der Waals surface area contributed by atoms with Crippen molar-refractivity contribution in [1.29, 1.82) is 0 Å². The van der Waals surface area contributed by atoms with Gasteiger partial charge < -0.3 is 9.80 Å². The maximum atomic E-state index is 13.3. The van der Waals surface area contributed by atoms with Crippen molar-refractivity contribution in [2.45, 2.75) is 32.4 Å². The van der Waals surface area contributed by atoms with Gasteiger partial charge in [-0.1, -0.05) is 96.6 Å². The third-order valence-electron chi connectivity index (χ3n) is 8.30. The Morgan fingerprint density at radius 1 is 0.744 bits per heavy atom. The topological polar surface area (TPSA) is 26.8 Å². The van der Waals surface area contributed by atoms with Crippen molar-refractivity contribution in [3.8, 4) is 0 Å². The van der Waals surface area contributed by atoms with Crippen LogP contribution >= 0.6 is 0 Å². The highest BCUT2D eigenvalue weighted by Crippen LogP contribution is 2.31. The largest absolute Gasteiger partial charge is 0.369 e. The Morgan fingerprint density at radius 2 is 1.44 bits per heavy atom. The third-order valence-corrected chi connectivity index (χ3v) is 8.30. The smallest absolute Gasteiger partial charge is 0.254 e. The number of anilines is 1. The number of hydrogen-bond donors (Lipinski definition) is 0. The molecular weight excluding hydrogens is 478 g/mol. The molecule has 1 amide bonds. The molecule has 0 aromatic heterocycles. The molecule has 0 spiro atoms. The van der Waals surface area contributed by atoms with Gasteiger partial charge in [0.1, 0.15) is 0 Å². The van der Waals surface area contributed by atoms with E-state index in [4.69, 9.17) is 0 Å². The average Bonchev–Trinajstić information content (AvgIpc) is 3.28. The predicted molar refractivity (Wildman–Crippen MR) is 159 cm³/mol. The van der Waals surface area contributed by atoms with Crippen molar-refractivity contribution in [2.24, 2.45) is 0 Å². The van der Waals surface area contributed by atoms with E-state index in [9.17, 15) is 4.79 Å². The van der Waals surface area contributed by atoms with Gasteiger partial charge in [-0.25, -0.2) is 0 Å². The van der Waals surface area contributed by atoms with Crippen LogP contribution in [0.5, 0.6) is 0 Å². The van der Waals surface area contributed by atoms with Crippen LogP contribution in [0.15, 0.2) is 103 Å². The number of nitrogens with zero attached hydrogens (tertiary/aromatic N) is 3. The fourth-order valence-corrected chi connectivity index (χ4v) is 6.14. The van der Waals surface area contributed by atoms with Gasteiger partial charge in [-0.3, -0.25) is 9.69 Å². The number of piperazine rings is 1. The van der Waals surface area contributed by atoms with Crippen LogP contribution in [-0.2, 0) is 13.1 Å². The first-order valence-corrected chi connectivity index (χ1v) is 14.2. The van der Waals surface area contributed by atoms with Gasteiger partial charge in [0, 0.05) is 56.4 Å². The minimum absolute atomic E-state index is 0.153. The van der Waals surface area contributed by atoms with E-state index >= 15 is 0 Å². The summed E-state index contributed by atoms with van der Waals surface area (Å²) in [6.45, 7) is 8.60. The zero-order valence-corrected chi connectivity index (χ0v) is 22.8. The lowest BCUT2D eigenvalue weighted by Crippen LogP contribution is -2.46. The lowest BCUT2D eigenvalue weighted by atomic mass is 9.88. The van der Waals surface area contributed by atoms with E-state index in [0.717, 1.165) is 50.3 Å². The van der Waals surface area contributed by atoms with Gasteiger partial charge >= 0.3 is 0 Å². The van der Waals surface area contributed by atoms with E-state index in [1.807, 2.05) is 4.90 Å². The molecule has 2 heterocycles. The normalized spacial score (nSPS) is 15.7. The van der Waals surface area contributed by atoms with E-state index in [1.165, 1.54) is 27.9 Å². The zero-order chi connectivity index (χ0) is 26.6. The maximum Gasteiger partial charge on any atom is 0.254 e. The Hall–Kier alpha value is -3.89. The molecule has 0 bridgehead atoms. The van der Waals surface area contributed by atoms with Gasteiger partial charge in [-0.15, -0.1) is 0 Å². The van der Waals surface area contributed by atoms with Gasteiger partial charge in [0.05, 0.1) is 0 Å². The molecule has 1 saturated heterocycles. The summed E-state index contributed by atoms with van der Waals surface area (Å²) >= 11 is 0. The van der Waals surface area contributed by atoms with Crippen molar-refractivity contribution in [2.75, 3.05) is 37.6 Å². The van der Waals surface area contributed by atoms with Crippen molar-refractivity contribution in [1.82, 2.24) is 9.80 Å². The van der Waals surface area contributed by atoms with Crippen LogP contribution < -0.4 is 4.90 Å². The fourth-order valence-electron chi connectivity index (χ4n) is 6.14. The molecular formula is C35H37N3O. The highest BCUT2D eigenvalue weighted by Gasteiger charge is 2.29. The van der Waals surface area contributed by atoms with Crippen LogP contribution in [0.25, 0.3) is 0 Å². The number of aryl methyl sites for hydroxylation is 1. The molecule has 0 saturated carbocycles. The Morgan fingerprint density at radius 3 is 2.10 bits per heavy atom. The minimum Gasteiger partial charge on any atom is -0.369 e. The summed E-state index contributed by atoms with van der Waals surface area (Å²) in [7, 11) is 0. The highest BCUT2D eigenvalue weighted by molar-refractivity contribution is 5.99. The Kier molecular flexibility index (Phi) is 7.46. The molecule has 2 aliphatic rings. The molecule has 0 aliphatic carbocycles. The second kappa shape index (κ2) is 11.5. The summed E-state index contributed by atoms with van der Waals surface area (Å²) in [5.74, 6) is 0.566. The van der Waals surface area contributed by atoms with Crippen molar-refractivity contribution < 1.29 is 4.79 Å². The van der Waals surface area contributed by atoms with Crippen molar-refractivity contribution in [3.63, 3.8) is 0 Å². The third kappa shape index (κ3) is 5.76. The molecule has 2 aliphatic heterocycles. The summed E-state index contributed by atoms with van der Waals surface area (Å²) in [5, 5.41) is 0. The summed E-state index contributed by atoms with van der Waals surface area (Å²) in [6, 6.07) is 36.7. The van der Waals surface area contributed by atoms with E-state index in [1.54, 1.807) is 0 Å². The van der Waals surface area contributed by atoms with Crippen molar-refractivity contribution >= 4 is 11.6 Å². The molecule has 4 heteroatoms. The van der Waals surface area contributed by atoms with Crippen LogP contribution in [0.4, 0.5) is 5.69 Å². The molecule has 0 atom stereocenters. The van der Waals surface area contributed by atoms with Crippen LogP contribution in [-0.4, -0.2) is 48.4 Å². The quantitative estimate of drug-likeness (QED) is 0.268. The lowest BCUT2D eigenvalue weighted by molar-refractivity contribution is 0.0766. The number of carbonyl (C=O) groups is 1. The number of carbonyl (C=O) groups excluding carboxylic acids is 1. The molecule has 0 N–H and O–H groups in total. The van der Waals surface area contributed by atoms with Crippen LogP contribution in [0.3, 0.4) is 0 Å². The van der Waals surface area contributed by atoms with Gasteiger partial charge in [0.25, 0.3) is 5.91 Å². The first kappa shape index (κ1) is 25.4. The summed E-state index contributed by atoms with van der Waals surface area (Å²) in [4.78, 5) is 20.3. The molecule has 4 nitrogen and oxygen atoms in total. The molecule has 198 valence electrons. The standard InChI is InChI=1S/C35H37N3O/c1-27-9-8-10-28(23-27)25-38-26-31-15-16-32(24-34(31)35(38)39)37-21-19-36(20-22-37)18-17-33(29-11-4-2-5-12-29)30-13-6-3-7-14-30/h2-16,23-24,33H,17-22,25-26H2,1H3. The summed E-state index contributed by atoms with van der Waals surface area (Å²) in [6.07, 6.45) is 1.11. The first-order chi connectivity index (χ1) is 19.1. The molecule has 6 rings (SSSR count). The van der Waals surface area contributed by atoms with Gasteiger partial charge in [0.15, 0.2) is 0 Å². The zero-order valence-electron chi connectivity index (χ0n) is 22.8.